The van der Waals surface area contributed by atoms with Crippen LogP contribution in [0.4, 0.5) is 4.39 Å². The molecule has 0 spiro atoms. The molecule has 94 valence electrons. The molecule has 1 atom stereocenters. The minimum Gasteiger partial charge on any atom is -0.352 e. The van der Waals surface area contributed by atoms with E-state index in [1.807, 2.05) is 6.92 Å². The van der Waals surface area contributed by atoms with Crippen molar-refractivity contribution < 1.29 is 9.18 Å². The summed E-state index contributed by atoms with van der Waals surface area (Å²) >= 11 is 8.94. The second kappa shape index (κ2) is 6.97. The third kappa shape index (κ3) is 4.28. The molecule has 0 heterocycles. The van der Waals surface area contributed by atoms with E-state index < -0.39 is 11.7 Å². The number of carbonyl (C=O) groups is 1. The molecule has 0 bridgehead atoms. The molecule has 1 aromatic rings. The van der Waals surface area contributed by atoms with E-state index in [9.17, 15) is 9.18 Å². The summed E-state index contributed by atoms with van der Waals surface area (Å²) in [5.41, 5.74) is -0.0106. The van der Waals surface area contributed by atoms with Crippen molar-refractivity contribution in [1.82, 2.24) is 5.32 Å². The van der Waals surface area contributed by atoms with Crippen LogP contribution in [0.15, 0.2) is 18.2 Å². The van der Waals surface area contributed by atoms with Crippen LogP contribution in [0.3, 0.4) is 0 Å². The first-order chi connectivity index (χ1) is 8.06. The number of carbonyl (C=O) groups excluding carboxylic acids is 1. The average Bonchev–Trinajstić information content (AvgIpc) is 2.30. The van der Waals surface area contributed by atoms with Gasteiger partial charge in [-0.2, -0.15) is 0 Å². The van der Waals surface area contributed by atoms with Gasteiger partial charge in [-0.3, -0.25) is 4.79 Å². The molecule has 5 heteroatoms. The Hall–Kier alpha value is -0.610. The Morgan fingerprint density at radius 3 is 2.94 bits per heavy atom. The summed E-state index contributed by atoms with van der Waals surface area (Å²) in [5, 5.41) is 3.54. The highest BCUT2D eigenvalue weighted by Gasteiger charge is 2.14. The number of nitrogens with one attached hydrogen (secondary N) is 1. The van der Waals surface area contributed by atoms with Gasteiger partial charge in [-0.25, -0.2) is 4.39 Å². The normalized spacial score (nSPS) is 12.2. The van der Waals surface area contributed by atoms with Crippen LogP contribution in [-0.2, 0) is 0 Å². The van der Waals surface area contributed by atoms with E-state index in [0.717, 1.165) is 11.8 Å². The quantitative estimate of drug-likeness (QED) is 0.824. The average molecular weight is 323 g/mol. The van der Waals surface area contributed by atoms with Crippen LogP contribution in [0.5, 0.6) is 0 Å². The van der Waals surface area contributed by atoms with Gasteiger partial charge in [0.05, 0.1) is 10.6 Å². The lowest BCUT2D eigenvalue weighted by atomic mass is 10.1. The number of alkyl halides is 1. The molecule has 0 aliphatic carbocycles. The van der Waals surface area contributed by atoms with Gasteiger partial charge >= 0.3 is 0 Å². The van der Waals surface area contributed by atoms with Gasteiger partial charge in [0.15, 0.2) is 5.82 Å². The van der Waals surface area contributed by atoms with Gasteiger partial charge in [-0.15, -0.1) is 0 Å². The maximum absolute atomic E-state index is 13.5. The number of hydrogen-bond acceptors (Lipinski definition) is 1. The lowest BCUT2D eigenvalue weighted by molar-refractivity contribution is 0.0944. The molecule has 0 aromatic heterocycles. The molecular weight excluding hydrogens is 308 g/mol. The van der Waals surface area contributed by atoms with Crippen molar-refractivity contribution >= 4 is 33.4 Å². The predicted octanol–water partition coefficient (Wildman–Crippen LogP) is 3.63. The van der Waals surface area contributed by atoms with E-state index in [1.165, 1.54) is 12.1 Å². The van der Waals surface area contributed by atoms with Crippen molar-refractivity contribution in [2.45, 2.75) is 13.3 Å². The SMILES string of the molecule is CC(CCBr)CNC(=O)c1cccc(Cl)c1F. The van der Waals surface area contributed by atoms with Gasteiger partial charge in [0.1, 0.15) is 0 Å². The van der Waals surface area contributed by atoms with Gasteiger partial charge < -0.3 is 5.32 Å². The van der Waals surface area contributed by atoms with E-state index >= 15 is 0 Å². The Bertz CT molecular complexity index is 400. The molecule has 0 saturated heterocycles. The lowest BCUT2D eigenvalue weighted by Gasteiger charge is -2.11. The maximum Gasteiger partial charge on any atom is 0.254 e. The smallest absolute Gasteiger partial charge is 0.254 e. The summed E-state index contributed by atoms with van der Waals surface area (Å²) in [6.07, 6.45) is 0.957. The number of benzene rings is 1. The third-order valence-corrected chi connectivity index (χ3v) is 3.16. The van der Waals surface area contributed by atoms with Crippen LogP contribution in [0, 0.1) is 11.7 Å². The first-order valence-electron chi connectivity index (χ1n) is 5.34. The van der Waals surface area contributed by atoms with Gasteiger partial charge in [-0.05, 0) is 24.5 Å². The molecule has 0 aliphatic heterocycles. The molecule has 1 unspecified atom stereocenters. The molecule has 1 aromatic carbocycles. The highest BCUT2D eigenvalue weighted by molar-refractivity contribution is 9.09. The van der Waals surface area contributed by atoms with Crippen molar-refractivity contribution in [3.05, 3.63) is 34.6 Å². The molecule has 17 heavy (non-hydrogen) atoms. The fourth-order valence-electron chi connectivity index (χ4n) is 1.33. The lowest BCUT2D eigenvalue weighted by Crippen LogP contribution is -2.29. The summed E-state index contributed by atoms with van der Waals surface area (Å²) in [6.45, 7) is 2.55. The van der Waals surface area contributed by atoms with Crippen molar-refractivity contribution in [3.63, 3.8) is 0 Å². The second-order valence-corrected chi connectivity index (χ2v) is 5.09. The van der Waals surface area contributed by atoms with Crippen molar-refractivity contribution in [2.75, 3.05) is 11.9 Å². The fraction of sp³-hybridized carbons (Fsp3) is 0.417. The number of amides is 1. The molecule has 0 aliphatic rings. The highest BCUT2D eigenvalue weighted by Crippen LogP contribution is 2.17. The zero-order valence-corrected chi connectivity index (χ0v) is 11.8. The van der Waals surface area contributed by atoms with Gasteiger partial charge in [-0.1, -0.05) is 40.5 Å². The number of hydrogen-bond donors (Lipinski definition) is 1. The second-order valence-electron chi connectivity index (χ2n) is 3.89. The standard InChI is InChI=1S/C12H14BrClFNO/c1-8(5-6-13)7-16-12(17)9-3-2-4-10(14)11(9)15/h2-4,8H,5-7H2,1H3,(H,16,17). The van der Waals surface area contributed by atoms with E-state index in [2.05, 4.69) is 21.2 Å². The van der Waals surface area contributed by atoms with Crippen molar-refractivity contribution in [1.29, 1.82) is 0 Å². The van der Waals surface area contributed by atoms with Crippen LogP contribution in [-0.4, -0.2) is 17.8 Å². The highest BCUT2D eigenvalue weighted by atomic mass is 79.9. The summed E-state index contributed by atoms with van der Waals surface area (Å²) < 4.78 is 13.5. The number of rotatable bonds is 5. The van der Waals surface area contributed by atoms with E-state index in [1.54, 1.807) is 6.07 Å². The molecule has 1 rings (SSSR count). The zero-order valence-electron chi connectivity index (χ0n) is 9.47. The minimum atomic E-state index is -0.667. The van der Waals surface area contributed by atoms with E-state index in [0.29, 0.717) is 12.5 Å². The zero-order chi connectivity index (χ0) is 12.8. The van der Waals surface area contributed by atoms with E-state index in [4.69, 9.17) is 11.6 Å². The Balaban J connectivity index is 2.61. The molecule has 0 saturated carbocycles. The molecule has 0 radical (unpaired) electrons. The molecule has 1 N–H and O–H groups in total. The Labute approximate surface area is 114 Å². The van der Waals surface area contributed by atoms with Crippen molar-refractivity contribution in [2.24, 2.45) is 5.92 Å². The van der Waals surface area contributed by atoms with Crippen LogP contribution in [0.2, 0.25) is 5.02 Å². The van der Waals surface area contributed by atoms with Gasteiger partial charge in [0, 0.05) is 11.9 Å². The summed E-state index contributed by atoms with van der Waals surface area (Å²) in [5.74, 6) is -0.744. The third-order valence-electron chi connectivity index (χ3n) is 2.41. The van der Waals surface area contributed by atoms with Gasteiger partial charge in [0.2, 0.25) is 0 Å². The summed E-state index contributed by atoms with van der Waals surface area (Å²) in [7, 11) is 0. The first kappa shape index (κ1) is 14.5. The summed E-state index contributed by atoms with van der Waals surface area (Å²) in [4.78, 5) is 11.7. The Kier molecular flexibility index (Phi) is 5.92. The molecular formula is C12H14BrClFNO. The maximum atomic E-state index is 13.5. The monoisotopic (exact) mass is 321 g/mol. The van der Waals surface area contributed by atoms with Crippen molar-refractivity contribution in [3.8, 4) is 0 Å². The van der Waals surface area contributed by atoms with Crippen LogP contribution < -0.4 is 5.32 Å². The predicted molar refractivity (Wildman–Crippen MR) is 71.3 cm³/mol. The van der Waals surface area contributed by atoms with Crippen LogP contribution in [0.1, 0.15) is 23.7 Å². The Morgan fingerprint density at radius 2 is 2.29 bits per heavy atom. The van der Waals surface area contributed by atoms with Gasteiger partial charge in [0.25, 0.3) is 5.91 Å². The van der Waals surface area contributed by atoms with E-state index in [-0.39, 0.29) is 10.6 Å². The minimum absolute atomic E-state index is 0.0106. The largest absolute Gasteiger partial charge is 0.352 e. The fourth-order valence-corrected chi connectivity index (χ4v) is 2.29. The Morgan fingerprint density at radius 1 is 1.59 bits per heavy atom. The summed E-state index contributed by atoms with van der Waals surface area (Å²) in [6, 6.07) is 4.40. The van der Waals surface area contributed by atoms with Crippen LogP contribution in [0.25, 0.3) is 0 Å². The molecule has 0 fully saturated rings. The first-order valence-corrected chi connectivity index (χ1v) is 6.84. The number of halogens is 3. The molecule has 2 nitrogen and oxygen atoms in total. The topological polar surface area (TPSA) is 29.1 Å². The van der Waals surface area contributed by atoms with Crippen LogP contribution >= 0.6 is 27.5 Å². The molecule has 1 amide bonds.